The van der Waals surface area contributed by atoms with Crippen molar-refractivity contribution in [1.29, 1.82) is 0 Å². The quantitative estimate of drug-likeness (QED) is 0.875. The van der Waals surface area contributed by atoms with E-state index < -0.39 is 0 Å². The lowest BCUT2D eigenvalue weighted by Gasteiger charge is -2.28. The normalized spacial score (nSPS) is 15.0. The van der Waals surface area contributed by atoms with Gasteiger partial charge in [-0.3, -0.25) is 19.7 Å². The van der Waals surface area contributed by atoms with E-state index in [0.29, 0.717) is 35.1 Å². The van der Waals surface area contributed by atoms with E-state index in [1.54, 1.807) is 12.4 Å². The number of pyridine rings is 1. The number of hydrogen-bond acceptors (Lipinski definition) is 5. The van der Waals surface area contributed by atoms with Crippen LogP contribution >= 0.6 is 23.2 Å². The number of fused-ring (bicyclic) bond motifs is 1. The number of H-pyrrole nitrogens is 1. The van der Waals surface area contributed by atoms with Gasteiger partial charge in [0, 0.05) is 44.0 Å². The van der Waals surface area contributed by atoms with Gasteiger partial charge in [0.15, 0.2) is 0 Å². The van der Waals surface area contributed by atoms with Crippen LogP contribution in [0.2, 0.25) is 10.0 Å². The van der Waals surface area contributed by atoms with Crippen molar-refractivity contribution in [2.24, 2.45) is 0 Å². The van der Waals surface area contributed by atoms with Gasteiger partial charge in [-0.05, 0) is 0 Å². The molecule has 1 aliphatic rings. The molecule has 0 atom stereocenters. The molecule has 0 saturated heterocycles. The Balaban J connectivity index is 1.86. The molecular formula is C13H13Cl2N5O. The number of anilines is 1. The fourth-order valence-electron chi connectivity index (χ4n) is 2.45. The Morgan fingerprint density at radius 2 is 2.05 bits per heavy atom. The number of nitrogens with one attached hydrogen (secondary N) is 1. The van der Waals surface area contributed by atoms with Crippen molar-refractivity contribution in [1.82, 2.24) is 19.9 Å². The molecule has 110 valence electrons. The minimum atomic E-state index is -0.186. The molecule has 3 N–H and O–H groups in total. The van der Waals surface area contributed by atoms with Gasteiger partial charge in [0.1, 0.15) is 0 Å². The van der Waals surface area contributed by atoms with Gasteiger partial charge in [-0.1, -0.05) is 23.2 Å². The molecule has 2 aromatic rings. The maximum Gasteiger partial charge on any atom is 0.257 e. The summed E-state index contributed by atoms with van der Waals surface area (Å²) in [5.41, 5.74) is 7.60. The minimum absolute atomic E-state index is 0.160. The Labute approximate surface area is 130 Å². The van der Waals surface area contributed by atoms with Crippen LogP contribution in [0.3, 0.4) is 0 Å². The molecule has 0 aliphatic carbocycles. The number of nitrogens with zero attached hydrogens (tertiary/aromatic N) is 3. The third-order valence-corrected chi connectivity index (χ3v) is 4.15. The summed E-state index contributed by atoms with van der Waals surface area (Å²) in [5.74, 6) is 0.160. The number of nitrogen functional groups attached to an aromatic ring is 1. The number of aromatic amines is 1. The Bertz CT molecular complexity index is 726. The van der Waals surface area contributed by atoms with Gasteiger partial charge in [-0.25, -0.2) is 4.98 Å². The van der Waals surface area contributed by atoms with Crippen molar-refractivity contribution in [3.05, 3.63) is 49.6 Å². The van der Waals surface area contributed by atoms with Crippen LogP contribution in [0.4, 0.5) is 5.95 Å². The highest BCUT2D eigenvalue weighted by Gasteiger charge is 2.22. The van der Waals surface area contributed by atoms with Crippen molar-refractivity contribution in [2.45, 2.75) is 19.5 Å². The van der Waals surface area contributed by atoms with Crippen LogP contribution in [-0.4, -0.2) is 26.4 Å². The van der Waals surface area contributed by atoms with Crippen molar-refractivity contribution >= 4 is 29.2 Å². The van der Waals surface area contributed by atoms with Crippen LogP contribution in [0.25, 0.3) is 0 Å². The Morgan fingerprint density at radius 3 is 2.76 bits per heavy atom. The van der Waals surface area contributed by atoms with E-state index in [1.165, 1.54) is 0 Å². The topological polar surface area (TPSA) is 87.9 Å². The summed E-state index contributed by atoms with van der Waals surface area (Å²) in [4.78, 5) is 24.7. The summed E-state index contributed by atoms with van der Waals surface area (Å²) in [7, 11) is 0. The van der Waals surface area contributed by atoms with E-state index in [2.05, 4.69) is 19.9 Å². The molecule has 0 unspecified atom stereocenters. The lowest BCUT2D eigenvalue weighted by Crippen LogP contribution is -2.35. The van der Waals surface area contributed by atoms with Crippen LogP contribution < -0.4 is 11.3 Å². The summed E-state index contributed by atoms with van der Waals surface area (Å²) >= 11 is 12.3. The van der Waals surface area contributed by atoms with Gasteiger partial charge in [-0.2, -0.15) is 0 Å². The molecule has 6 nitrogen and oxygen atoms in total. The lowest BCUT2D eigenvalue weighted by atomic mass is 10.1. The second-order valence-corrected chi connectivity index (χ2v) is 5.73. The minimum Gasteiger partial charge on any atom is -0.369 e. The van der Waals surface area contributed by atoms with Gasteiger partial charge >= 0.3 is 0 Å². The number of nitrogens with two attached hydrogens (primary N) is 1. The Hall–Kier alpha value is -1.63. The highest BCUT2D eigenvalue weighted by atomic mass is 35.5. The maximum absolute atomic E-state index is 12.0. The average Bonchev–Trinajstić information content (AvgIpc) is 2.43. The summed E-state index contributed by atoms with van der Waals surface area (Å²) in [6.07, 6.45) is 3.80. The molecule has 3 rings (SSSR count). The van der Waals surface area contributed by atoms with Crippen molar-refractivity contribution < 1.29 is 0 Å². The molecule has 1 aliphatic heterocycles. The molecule has 3 heterocycles. The fourth-order valence-corrected chi connectivity index (χ4v) is 2.93. The molecule has 0 amide bonds. The van der Waals surface area contributed by atoms with E-state index in [1.807, 2.05) is 0 Å². The first kappa shape index (κ1) is 14.3. The average molecular weight is 326 g/mol. The van der Waals surface area contributed by atoms with Crippen LogP contribution in [0.1, 0.15) is 16.8 Å². The van der Waals surface area contributed by atoms with Gasteiger partial charge in [-0.15, -0.1) is 0 Å². The molecule has 0 aromatic carbocycles. The van der Waals surface area contributed by atoms with Gasteiger partial charge in [0.05, 0.1) is 21.3 Å². The zero-order chi connectivity index (χ0) is 15.0. The summed E-state index contributed by atoms with van der Waals surface area (Å²) in [6, 6.07) is 0. The van der Waals surface area contributed by atoms with Gasteiger partial charge in [0.2, 0.25) is 5.95 Å². The van der Waals surface area contributed by atoms with Crippen molar-refractivity contribution in [2.75, 3.05) is 12.3 Å². The maximum atomic E-state index is 12.0. The van der Waals surface area contributed by atoms with Crippen LogP contribution in [0, 0.1) is 0 Å². The third-order valence-electron chi connectivity index (χ3n) is 3.50. The molecule has 8 heteroatoms. The number of aromatic nitrogens is 3. The standard InChI is InChI=1S/C13H13Cl2N5O/c14-9-3-17-4-10(15)7(9)5-20-2-1-11-8(6-20)12(21)19-13(16)18-11/h3-4H,1-2,5-6H2,(H3,16,18,19,21). The van der Waals surface area contributed by atoms with E-state index >= 15 is 0 Å². The SMILES string of the molecule is Nc1nc2c(c(=O)[nH]1)CN(Cc1c(Cl)cncc1Cl)CC2. The van der Waals surface area contributed by atoms with E-state index in [0.717, 1.165) is 17.8 Å². The van der Waals surface area contributed by atoms with Crippen LogP contribution in [0.5, 0.6) is 0 Å². The molecule has 0 radical (unpaired) electrons. The molecule has 0 bridgehead atoms. The lowest BCUT2D eigenvalue weighted by molar-refractivity contribution is 0.242. The molecule has 0 fully saturated rings. The van der Waals surface area contributed by atoms with Crippen molar-refractivity contribution in [3.8, 4) is 0 Å². The molecule has 0 spiro atoms. The van der Waals surface area contributed by atoms with E-state index in [-0.39, 0.29) is 11.5 Å². The summed E-state index contributed by atoms with van der Waals surface area (Å²) < 4.78 is 0. The largest absolute Gasteiger partial charge is 0.369 e. The predicted octanol–water partition coefficient (Wildman–Crippen LogP) is 1.61. The first-order valence-electron chi connectivity index (χ1n) is 6.42. The number of hydrogen-bond donors (Lipinski definition) is 2. The van der Waals surface area contributed by atoms with Gasteiger partial charge < -0.3 is 5.73 Å². The Kier molecular flexibility index (Phi) is 3.84. The summed E-state index contributed by atoms with van der Waals surface area (Å²) in [6.45, 7) is 1.81. The van der Waals surface area contributed by atoms with E-state index in [4.69, 9.17) is 28.9 Å². The zero-order valence-electron chi connectivity index (χ0n) is 11.1. The fraction of sp³-hybridized carbons (Fsp3) is 0.308. The highest BCUT2D eigenvalue weighted by Crippen LogP contribution is 2.26. The number of rotatable bonds is 2. The molecular weight excluding hydrogens is 313 g/mol. The first-order chi connectivity index (χ1) is 10.0. The Morgan fingerprint density at radius 1 is 1.33 bits per heavy atom. The third kappa shape index (κ3) is 2.88. The smallest absolute Gasteiger partial charge is 0.257 e. The summed E-state index contributed by atoms with van der Waals surface area (Å²) in [5, 5.41) is 1.05. The van der Waals surface area contributed by atoms with E-state index in [9.17, 15) is 4.79 Å². The monoisotopic (exact) mass is 325 g/mol. The second kappa shape index (κ2) is 5.63. The molecule has 0 saturated carbocycles. The first-order valence-corrected chi connectivity index (χ1v) is 7.18. The number of halogens is 2. The van der Waals surface area contributed by atoms with Crippen LogP contribution in [0.15, 0.2) is 17.2 Å². The van der Waals surface area contributed by atoms with Crippen LogP contribution in [-0.2, 0) is 19.5 Å². The highest BCUT2D eigenvalue weighted by molar-refractivity contribution is 6.35. The molecule has 2 aromatic heterocycles. The van der Waals surface area contributed by atoms with Crippen molar-refractivity contribution in [3.63, 3.8) is 0 Å². The predicted molar refractivity (Wildman–Crippen MR) is 81.3 cm³/mol. The van der Waals surface area contributed by atoms with Gasteiger partial charge in [0.25, 0.3) is 5.56 Å². The molecule has 21 heavy (non-hydrogen) atoms. The zero-order valence-corrected chi connectivity index (χ0v) is 12.6. The second-order valence-electron chi connectivity index (χ2n) is 4.92.